The van der Waals surface area contributed by atoms with Gasteiger partial charge in [-0.25, -0.2) is 23.0 Å². The highest BCUT2D eigenvalue weighted by molar-refractivity contribution is 7.94. The Balaban J connectivity index is 1.90. The second kappa shape index (κ2) is 5.95. The Morgan fingerprint density at radius 2 is 2.29 bits per heavy atom. The minimum atomic E-state index is -3.28. The summed E-state index contributed by atoms with van der Waals surface area (Å²) in [5.74, 6) is -1.42. The van der Waals surface area contributed by atoms with E-state index in [-0.39, 0.29) is 12.2 Å². The van der Waals surface area contributed by atoms with Gasteiger partial charge >= 0.3 is 12.0 Å². The summed E-state index contributed by atoms with van der Waals surface area (Å²) in [6.07, 6.45) is 4.26. The summed E-state index contributed by atoms with van der Waals surface area (Å²) >= 11 is 0. The van der Waals surface area contributed by atoms with E-state index in [1.807, 2.05) is 0 Å². The maximum Gasteiger partial charge on any atom is 0.326 e. The molecule has 1 aromatic rings. The molecule has 1 aliphatic heterocycles. The van der Waals surface area contributed by atoms with Gasteiger partial charge in [0.2, 0.25) is 0 Å². The molecular weight excluding hydrogens is 300 g/mol. The van der Waals surface area contributed by atoms with Crippen LogP contribution in [0.25, 0.3) is 0 Å². The van der Waals surface area contributed by atoms with Crippen molar-refractivity contribution in [1.29, 1.82) is 0 Å². The first-order chi connectivity index (χ1) is 9.85. The summed E-state index contributed by atoms with van der Waals surface area (Å²) in [6.45, 7) is 0. The number of sulfone groups is 1. The van der Waals surface area contributed by atoms with Crippen LogP contribution in [0.4, 0.5) is 4.79 Å². The molecule has 21 heavy (non-hydrogen) atoms. The molecule has 1 unspecified atom stereocenters. The summed E-state index contributed by atoms with van der Waals surface area (Å²) < 4.78 is 22.4. The van der Waals surface area contributed by atoms with Crippen LogP contribution in [-0.2, 0) is 21.1 Å². The maximum atomic E-state index is 11.7. The van der Waals surface area contributed by atoms with E-state index in [2.05, 4.69) is 20.6 Å². The Kier molecular flexibility index (Phi) is 4.26. The Morgan fingerprint density at radius 3 is 2.81 bits per heavy atom. The van der Waals surface area contributed by atoms with E-state index in [0.29, 0.717) is 5.69 Å². The number of carbonyl (C=O) groups is 2. The van der Waals surface area contributed by atoms with E-state index in [0.717, 1.165) is 5.41 Å². The van der Waals surface area contributed by atoms with Gasteiger partial charge in [-0.15, -0.1) is 0 Å². The number of hydrogen-bond donors (Lipinski definition) is 4. The molecule has 0 fully saturated rings. The minimum Gasteiger partial charge on any atom is -0.480 e. The normalized spacial score (nSPS) is 20.9. The molecule has 4 N–H and O–H groups in total. The molecule has 0 saturated heterocycles. The smallest absolute Gasteiger partial charge is 0.326 e. The van der Waals surface area contributed by atoms with Crippen LogP contribution in [0.3, 0.4) is 0 Å². The van der Waals surface area contributed by atoms with Crippen molar-refractivity contribution in [2.24, 2.45) is 0 Å². The zero-order chi connectivity index (χ0) is 15.5. The molecule has 0 spiro atoms. The van der Waals surface area contributed by atoms with Crippen molar-refractivity contribution in [2.45, 2.75) is 18.5 Å². The fraction of sp³-hybridized carbons (Fsp3) is 0.364. The second-order valence-corrected chi connectivity index (χ2v) is 6.49. The number of aromatic amines is 1. The van der Waals surface area contributed by atoms with Gasteiger partial charge < -0.3 is 20.7 Å². The van der Waals surface area contributed by atoms with Crippen LogP contribution < -0.4 is 10.6 Å². The van der Waals surface area contributed by atoms with Crippen LogP contribution >= 0.6 is 0 Å². The number of carbonyl (C=O) groups excluding carboxylic acids is 1. The molecule has 114 valence electrons. The molecule has 1 aromatic heterocycles. The lowest BCUT2D eigenvalue weighted by atomic mass is 10.1. The third kappa shape index (κ3) is 4.31. The number of hydrogen-bond acceptors (Lipinski definition) is 5. The van der Waals surface area contributed by atoms with Gasteiger partial charge in [-0.05, 0) is 6.08 Å². The Morgan fingerprint density at radius 1 is 1.52 bits per heavy atom. The second-order valence-electron chi connectivity index (χ2n) is 4.55. The van der Waals surface area contributed by atoms with E-state index >= 15 is 0 Å². The van der Waals surface area contributed by atoms with Crippen molar-refractivity contribution in [3.8, 4) is 0 Å². The van der Waals surface area contributed by atoms with Gasteiger partial charge in [0, 0.05) is 23.7 Å². The number of H-pyrrole nitrogens is 1. The predicted octanol–water partition coefficient (Wildman–Crippen LogP) is -0.985. The number of aromatic nitrogens is 2. The van der Waals surface area contributed by atoms with E-state index in [1.165, 1.54) is 18.6 Å². The third-order valence-corrected chi connectivity index (χ3v) is 4.22. The number of nitrogens with zero attached hydrogens (tertiary/aromatic N) is 1. The first kappa shape index (κ1) is 15.0. The summed E-state index contributed by atoms with van der Waals surface area (Å²) in [5.41, 5.74) is 0.561. The van der Waals surface area contributed by atoms with Gasteiger partial charge in [-0.2, -0.15) is 0 Å². The fourth-order valence-corrected chi connectivity index (χ4v) is 3.09. The lowest BCUT2D eigenvalue weighted by Gasteiger charge is -2.16. The first-order valence-corrected chi connectivity index (χ1v) is 7.75. The summed E-state index contributed by atoms with van der Waals surface area (Å²) in [7, 11) is -3.28. The van der Waals surface area contributed by atoms with Crippen molar-refractivity contribution in [3.63, 3.8) is 0 Å². The number of amides is 2. The Labute approximate surface area is 120 Å². The molecule has 0 bridgehead atoms. The van der Waals surface area contributed by atoms with Crippen molar-refractivity contribution in [2.75, 3.05) is 5.75 Å². The molecule has 2 rings (SSSR count). The lowest BCUT2D eigenvalue weighted by molar-refractivity contribution is -0.139. The van der Waals surface area contributed by atoms with E-state index in [1.54, 1.807) is 0 Å². The highest BCUT2D eigenvalue weighted by Gasteiger charge is 2.25. The van der Waals surface area contributed by atoms with E-state index in [9.17, 15) is 18.0 Å². The average Bonchev–Trinajstić information content (AvgIpc) is 2.98. The van der Waals surface area contributed by atoms with Crippen LogP contribution in [0, 0.1) is 0 Å². The predicted molar refractivity (Wildman–Crippen MR) is 72.1 cm³/mol. The topological polar surface area (TPSA) is 141 Å². The van der Waals surface area contributed by atoms with Gasteiger partial charge in [0.1, 0.15) is 6.04 Å². The standard InChI is InChI=1S/C11H14N4O5S/c16-10(17)9(3-8-4-12-6-13-8)15-11(18)14-7-1-2-21(19,20)5-7/h1-2,4,6-7,9H,3,5H2,(H,12,13)(H,16,17)(H2,14,15,18)/t7?,9-/m1/s1. The number of imidazole rings is 1. The van der Waals surface area contributed by atoms with Crippen LogP contribution in [0.2, 0.25) is 0 Å². The number of carboxylic acid groups (broad SMARTS) is 1. The van der Waals surface area contributed by atoms with Crippen LogP contribution in [0.5, 0.6) is 0 Å². The molecular formula is C11H14N4O5S. The molecule has 1 aliphatic rings. The van der Waals surface area contributed by atoms with E-state index < -0.39 is 33.9 Å². The van der Waals surface area contributed by atoms with Crippen molar-refractivity contribution < 1.29 is 23.1 Å². The summed E-state index contributed by atoms with van der Waals surface area (Å²) in [4.78, 5) is 29.3. The van der Waals surface area contributed by atoms with Gasteiger partial charge in [0.15, 0.2) is 9.84 Å². The number of urea groups is 1. The minimum absolute atomic E-state index is 0.0432. The molecule has 2 heterocycles. The van der Waals surface area contributed by atoms with Gasteiger partial charge in [0.25, 0.3) is 0 Å². The highest BCUT2D eigenvalue weighted by Crippen LogP contribution is 2.07. The molecule has 0 saturated carbocycles. The molecule has 2 atom stereocenters. The molecule has 9 nitrogen and oxygen atoms in total. The summed E-state index contributed by atoms with van der Waals surface area (Å²) in [5, 5.41) is 14.8. The monoisotopic (exact) mass is 314 g/mol. The molecule has 0 radical (unpaired) electrons. The lowest BCUT2D eigenvalue weighted by Crippen LogP contribution is -2.50. The SMILES string of the molecule is O=C(NC1C=CS(=O)(=O)C1)N[C@H](Cc1cnc[nH]1)C(=O)O. The van der Waals surface area contributed by atoms with Crippen molar-refractivity contribution in [3.05, 3.63) is 29.7 Å². The molecule has 2 amide bonds. The van der Waals surface area contributed by atoms with E-state index in [4.69, 9.17) is 5.11 Å². The zero-order valence-corrected chi connectivity index (χ0v) is 11.6. The number of carboxylic acids is 1. The fourth-order valence-electron chi connectivity index (χ4n) is 1.85. The molecule has 10 heteroatoms. The van der Waals surface area contributed by atoms with Crippen molar-refractivity contribution >= 4 is 21.8 Å². The Bertz CT molecular complexity index is 652. The van der Waals surface area contributed by atoms with Crippen LogP contribution in [0.15, 0.2) is 24.0 Å². The molecule has 0 aromatic carbocycles. The van der Waals surface area contributed by atoms with Crippen LogP contribution in [0.1, 0.15) is 5.69 Å². The quantitative estimate of drug-likeness (QED) is 0.550. The van der Waals surface area contributed by atoms with Gasteiger partial charge in [-0.1, -0.05) is 0 Å². The zero-order valence-electron chi connectivity index (χ0n) is 10.8. The van der Waals surface area contributed by atoms with Gasteiger partial charge in [0.05, 0.1) is 18.1 Å². The number of nitrogens with one attached hydrogen (secondary N) is 3. The third-order valence-electron chi connectivity index (χ3n) is 2.83. The number of aliphatic carboxylic acids is 1. The number of rotatable bonds is 5. The Hall–Kier alpha value is -2.36. The van der Waals surface area contributed by atoms with Crippen LogP contribution in [-0.4, -0.2) is 53.3 Å². The summed E-state index contributed by atoms with van der Waals surface area (Å²) in [6, 6.07) is -2.54. The van der Waals surface area contributed by atoms with Gasteiger partial charge in [-0.3, -0.25) is 0 Å². The van der Waals surface area contributed by atoms with Crippen molar-refractivity contribution in [1.82, 2.24) is 20.6 Å². The molecule has 0 aliphatic carbocycles. The largest absolute Gasteiger partial charge is 0.480 e. The maximum absolute atomic E-state index is 11.7. The highest BCUT2D eigenvalue weighted by atomic mass is 32.2. The average molecular weight is 314 g/mol. The first-order valence-electron chi connectivity index (χ1n) is 6.04.